The molecule has 0 saturated heterocycles. The number of ether oxygens (including phenoxy) is 1. The first-order chi connectivity index (χ1) is 8.88. The van der Waals surface area contributed by atoms with E-state index < -0.39 is 16.2 Å². The highest BCUT2D eigenvalue weighted by atomic mass is 32.2. The largest absolute Gasteiger partial charge is 0.495 e. The minimum absolute atomic E-state index is 0.212. The van der Waals surface area contributed by atoms with Gasteiger partial charge in [0.2, 0.25) is 0 Å². The molecule has 0 bridgehead atoms. The molecule has 19 heavy (non-hydrogen) atoms. The summed E-state index contributed by atoms with van der Waals surface area (Å²) in [6, 6.07) is 4.61. The van der Waals surface area contributed by atoms with Gasteiger partial charge in [0.25, 0.3) is 10.2 Å². The Bertz CT molecular complexity index is 595. The van der Waals surface area contributed by atoms with Crippen molar-refractivity contribution in [3.05, 3.63) is 29.8 Å². The molecule has 3 N–H and O–H groups in total. The first-order valence-corrected chi connectivity index (χ1v) is 6.66. The fourth-order valence-corrected chi connectivity index (χ4v) is 1.82. The van der Waals surface area contributed by atoms with Crippen LogP contribution in [0.1, 0.15) is 5.56 Å². The summed E-state index contributed by atoms with van der Waals surface area (Å²) >= 11 is 0. The van der Waals surface area contributed by atoms with E-state index in [1.54, 1.807) is 6.07 Å². The molecular weight excluding hydrogens is 272 g/mol. The van der Waals surface area contributed by atoms with E-state index in [0.29, 0.717) is 11.3 Å². The second kappa shape index (κ2) is 6.21. The standard InChI is InChI=1S/C11H14N2O5S/c1-12-19(16,17)13-9-7-8(4-6-11(14)15)3-5-10(9)18-2/h3-7,12-13H,1-2H3,(H,14,15)/b6-4+. The summed E-state index contributed by atoms with van der Waals surface area (Å²) < 4.78 is 32.2. The monoisotopic (exact) mass is 286 g/mol. The second-order valence-electron chi connectivity index (χ2n) is 3.44. The number of benzene rings is 1. The zero-order valence-electron chi connectivity index (χ0n) is 10.4. The van der Waals surface area contributed by atoms with Crippen molar-refractivity contribution in [3.63, 3.8) is 0 Å². The number of rotatable bonds is 6. The number of aliphatic carboxylic acids is 1. The van der Waals surface area contributed by atoms with Gasteiger partial charge in [0.05, 0.1) is 12.8 Å². The minimum atomic E-state index is -3.67. The summed E-state index contributed by atoms with van der Waals surface area (Å²) in [6.45, 7) is 0. The molecule has 0 amide bonds. The number of nitrogens with one attached hydrogen (secondary N) is 2. The Morgan fingerprint density at radius 1 is 1.42 bits per heavy atom. The van der Waals surface area contributed by atoms with Gasteiger partial charge in [0, 0.05) is 13.1 Å². The molecule has 8 heteroatoms. The Kier molecular flexibility index (Phi) is 4.90. The molecular formula is C11H14N2O5S. The maximum atomic E-state index is 11.4. The third kappa shape index (κ3) is 4.60. The number of carboxylic acids is 1. The molecule has 1 aromatic carbocycles. The number of carbonyl (C=O) groups is 1. The van der Waals surface area contributed by atoms with Gasteiger partial charge in [-0.15, -0.1) is 0 Å². The lowest BCUT2D eigenvalue weighted by molar-refractivity contribution is -0.131. The van der Waals surface area contributed by atoms with E-state index in [1.807, 2.05) is 0 Å². The van der Waals surface area contributed by atoms with E-state index in [9.17, 15) is 13.2 Å². The highest BCUT2D eigenvalue weighted by molar-refractivity contribution is 7.90. The van der Waals surface area contributed by atoms with Crippen LogP contribution in [0.2, 0.25) is 0 Å². The van der Waals surface area contributed by atoms with E-state index in [-0.39, 0.29) is 5.69 Å². The third-order valence-electron chi connectivity index (χ3n) is 2.15. The number of anilines is 1. The Hall–Kier alpha value is -2.06. The normalized spacial score (nSPS) is 11.5. The van der Waals surface area contributed by atoms with Crippen molar-refractivity contribution in [1.29, 1.82) is 0 Å². The quantitative estimate of drug-likeness (QED) is 0.667. The molecule has 0 aliphatic heterocycles. The van der Waals surface area contributed by atoms with Crippen molar-refractivity contribution in [2.24, 2.45) is 0 Å². The second-order valence-corrected chi connectivity index (χ2v) is 5.06. The Morgan fingerprint density at radius 2 is 2.11 bits per heavy atom. The van der Waals surface area contributed by atoms with E-state index >= 15 is 0 Å². The minimum Gasteiger partial charge on any atom is -0.495 e. The van der Waals surface area contributed by atoms with E-state index in [2.05, 4.69) is 9.44 Å². The lowest BCUT2D eigenvalue weighted by atomic mass is 10.2. The smallest absolute Gasteiger partial charge is 0.328 e. The molecule has 0 aliphatic carbocycles. The summed E-state index contributed by atoms with van der Waals surface area (Å²) in [4.78, 5) is 10.4. The summed E-state index contributed by atoms with van der Waals surface area (Å²) in [6.07, 6.45) is 2.30. The van der Waals surface area contributed by atoms with Crippen molar-refractivity contribution in [2.75, 3.05) is 18.9 Å². The molecule has 0 aliphatic rings. The molecule has 0 aromatic heterocycles. The Morgan fingerprint density at radius 3 is 2.63 bits per heavy atom. The van der Waals surface area contributed by atoms with Crippen molar-refractivity contribution < 1.29 is 23.1 Å². The van der Waals surface area contributed by atoms with Gasteiger partial charge in [-0.3, -0.25) is 4.72 Å². The summed E-state index contributed by atoms with van der Waals surface area (Å²) in [5, 5.41) is 8.54. The van der Waals surface area contributed by atoms with Crippen molar-refractivity contribution in [1.82, 2.24) is 4.72 Å². The van der Waals surface area contributed by atoms with Crippen LogP contribution in [-0.2, 0) is 15.0 Å². The zero-order valence-corrected chi connectivity index (χ0v) is 11.2. The molecule has 0 heterocycles. The molecule has 1 rings (SSSR count). The molecule has 0 atom stereocenters. The van der Waals surface area contributed by atoms with Crippen LogP contribution in [0, 0.1) is 0 Å². The van der Waals surface area contributed by atoms with Crippen LogP contribution in [0.3, 0.4) is 0 Å². The molecule has 1 aromatic rings. The van der Waals surface area contributed by atoms with E-state index in [0.717, 1.165) is 6.08 Å². The Balaban J connectivity index is 3.13. The summed E-state index contributed by atoms with van der Waals surface area (Å²) in [5.41, 5.74) is 0.737. The third-order valence-corrected chi connectivity index (χ3v) is 3.18. The van der Waals surface area contributed by atoms with Crippen LogP contribution in [0.25, 0.3) is 6.08 Å². The maximum Gasteiger partial charge on any atom is 0.328 e. The summed E-state index contributed by atoms with van der Waals surface area (Å²) in [7, 11) is -1.00. The molecule has 0 saturated carbocycles. The predicted octanol–water partition coefficient (Wildman–Crippen LogP) is 0.669. The van der Waals surface area contributed by atoms with E-state index in [4.69, 9.17) is 9.84 Å². The molecule has 7 nitrogen and oxygen atoms in total. The fourth-order valence-electron chi connectivity index (χ4n) is 1.27. The topological polar surface area (TPSA) is 105 Å². The first-order valence-electron chi connectivity index (χ1n) is 5.18. The molecule has 0 spiro atoms. The van der Waals surface area contributed by atoms with Crippen LogP contribution >= 0.6 is 0 Å². The highest BCUT2D eigenvalue weighted by Crippen LogP contribution is 2.26. The molecule has 0 unspecified atom stereocenters. The lowest BCUT2D eigenvalue weighted by Gasteiger charge is -2.11. The fraction of sp³-hybridized carbons (Fsp3) is 0.182. The van der Waals surface area contributed by atoms with Gasteiger partial charge in [-0.25, -0.2) is 9.52 Å². The number of hydrogen-bond donors (Lipinski definition) is 3. The van der Waals surface area contributed by atoms with Gasteiger partial charge < -0.3 is 9.84 Å². The maximum absolute atomic E-state index is 11.4. The Labute approximate surface area is 111 Å². The van der Waals surface area contributed by atoms with Crippen LogP contribution in [0.5, 0.6) is 5.75 Å². The van der Waals surface area contributed by atoms with Crippen molar-refractivity contribution in [2.45, 2.75) is 0 Å². The van der Waals surface area contributed by atoms with Gasteiger partial charge in [-0.2, -0.15) is 8.42 Å². The van der Waals surface area contributed by atoms with Gasteiger partial charge in [-0.1, -0.05) is 6.07 Å². The molecule has 104 valence electrons. The average Bonchev–Trinajstić information content (AvgIpc) is 2.36. The van der Waals surface area contributed by atoms with Crippen molar-refractivity contribution in [3.8, 4) is 5.75 Å². The average molecular weight is 286 g/mol. The van der Waals surface area contributed by atoms with Gasteiger partial charge in [0.15, 0.2) is 0 Å². The number of methoxy groups -OCH3 is 1. The highest BCUT2D eigenvalue weighted by Gasteiger charge is 2.11. The van der Waals surface area contributed by atoms with E-state index in [1.165, 1.54) is 32.4 Å². The van der Waals surface area contributed by atoms with Crippen LogP contribution in [-0.4, -0.2) is 33.7 Å². The van der Waals surface area contributed by atoms with Gasteiger partial charge >= 0.3 is 5.97 Å². The van der Waals surface area contributed by atoms with Crippen LogP contribution < -0.4 is 14.2 Å². The van der Waals surface area contributed by atoms with Crippen LogP contribution in [0.4, 0.5) is 5.69 Å². The SMILES string of the molecule is CNS(=O)(=O)Nc1cc(/C=C/C(=O)O)ccc1OC. The van der Waals surface area contributed by atoms with Gasteiger partial charge in [0.1, 0.15) is 5.75 Å². The lowest BCUT2D eigenvalue weighted by Crippen LogP contribution is -2.26. The molecule has 0 fully saturated rings. The number of hydrogen-bond acceptors (Lipinski definition) is 4. The molecule has 0 radical (unpaired) electrons. The number of carboxylic acid groups (broad SMARTS) is 1. The summed E-state index contributed by atoms with van der Waals surface area (Å²) in [5.74, 6) is -0.764. The first kappa shape index (κ1) is 15.0. The van der Waals surface area contributed by atoms with Crippen LogP contribution in [0.15, 0.2) is 24.3 Å². The zero-order chi connectivity index (χ0) is 14.5. The van der Waals surface area contributed by atoms with Crippen molar-refractivity contribution >= 4 is 27.9 Å². The van der Waals surface area contributed by atoms with Gasteiger partial charge in [-0.05, 0) is 23.8 Å². The predicted molar refractivity (Wildman–Crippen MR) is 71.3 cm³/mol.